The fourth-order valence-electron chi connectivity index (χ4n) is 1.77. The summed E-state index contributed by atoms with van der Waals surface area (Å²) in [5, 5.41) is 16.4. The molecule has 0 spiro atoms. The van der Waals surface area contributed by atoms with E-state index in [-0.39, 0.29) is 12.6 Å². The molecule has 14 heavy (non-hydrogen) atoms. The molecule has 0 saturated carbocycles. The highest BCUT2D eigenvalue weighted by Gasteiger charge is 2.20. The molecule has 4 N–H and O–H groups in total. The minimum atomic E-state index is 0.0268. The molecule has 0 radical (unpaired) electrons. The van der Waals surface area contributed by atoms with E-state index in [2.05, 4.69) is 0 Å². The molecule has 0 fully saturated rings. The second-order valence-electron chi connectivity index (χ2n) is 3.41. The number of hydrogen-bond acceptors (Lipinski definition) is 2. The summed E-state index contributed by atoms with van der Waals surface area (Å²) in [6.45, 7) is 0.790. The van der Waals surface area contributed by atoms with E-state index in [1.807, 2.05) is 18.2 Å². The molecule has 4 nitrogen and oxygen atoms in total. The first kappa shape index (κ1) is 9.02. The summed E-state index contributed by atoms with van der Waals surface area (Å²) in [5.41, 5.74) is 8.46. The van der Waals surface area contributed by atoms with Gasteiger partial charge in [-0.15, -0.1) is 0 Å². The van der Waals surface area contributed by atoms with Crippen molar-refractivity contribution >= 4 is 11.6 Å². The predicted octanol–water partition coefficient (Wildman–Crippen LogP) is 0.435. The van der Waals surface area contributed by atoms with Gasteiger partial charge in [0.2, 0.25) is 0 Å². The summed E-state index contributed by atoms with van der Waals surface area (Å²) in [6, 6.07) is 5.79. The molecule has 0 unspecified atom stereocenters. The van der Waals surface area contributed by atoms with E-state index in [9.17, 15) is 0 Å². The quantitative estimate of drug-likeness (QED) is 0.445. The topological polar surface area (TPSA) is 73.3 Å². The Morgan fingerprint density at radius 3 is 3.00 bits per heavy atom. The lowest BCUT2D eigenvalue weighted by Crippen LogP contribution is -2.34. The van der Waals surface area contributed by atoms with E-state index in [0.717, 1.165) is 24.2 Å². The molecule has 0 bridgehead atoms. The Morgan fingerprint density at radius 1 is 1.57 bits per heavy atom. The van der Waals surface area contributed by atoms with Crippen molar-refractivity contribution in [3.05, 3.63) is 29.3 Å². The Balaban J connectivity index is 2.41. The largest absolute Gasteiger partial charge is 0.392 e. The third-order valence-electron chi connectivity index (χ3n) is 2.52. The second kappa shape index (κ2) is 3.31. The summed E-state index contributed by atoms with van der Waals surface area (Å²) < 4.78 is 0. The van der Waals surface area contributed by atoms with E-state index < -0.39 is 0 Å². The molecule has 1 aliphatic heterocycles. The number of hydrogen-bond donors (Lipinski definition) is 3. The molecule has 4 heteroatoms. The van der Waals surface area contributed by atoms with Crippen LogP contribution in [0.15, 0.2) is 18.2 Å². The number of nitrogens with one attached hydrogen (secondary N) is 1. The van der Waals surface area contributed by atoms with E-state index in [1.165, 1.54) is 5.56 Å². The Kier molecular flexibility index (Phi) is 2.13. The van der Waals surface area contributed by atoms with Crippen LogP contribution in [0, 0.1) is 5.41 Å². The van der Waals surface area contributed by atoms with Gasteiger partial charge in [0.25, 0.3) is 0 Å². The molecule has 74 valence electrons. The van der Waals surface area contributed by atoms with Gasteiger partial charge in [-0.2, -0.15) is 0 Å². The molecule has 2 rings (SSSR count). The van der Waals surface area contributed by atoms with Crippen LogP contribution < -0.4 is 10.6 Å². The maximum atomic E-state index is 8.99. The van der Waals surface area contributed by atoms with Crippen LogP contribution >= 0.6 is 0 Å². The smallest absolute Gasteiger partial charge is 0.192 e. The third kappa shape index (κ3) is 1.33. The van der Waals surface area contributed by atoms with Gasteiger partial charge in [0.15, 0.2) is 5.96 Å². The van der Waals surface area contributed by atoms with Crippen LogP contribution in [0.25, 0.3) is 0 Å². The number of nitrogens with two attached hydrogens (primary N) is 1. The van der Waals surface area contributed by atoms with Crippen molar-refractivity contribution in [1.82, 2.24) is 0 Å². The highest BCUT2D eigenvalue weighted by atomic mass is 16.3. The zero-order valence-corrected chi connectivity index (χ0v) is 7.83. The van der Waals surface area contributed by atoms with E-state index in [0.29, 0.717) is 0 Å². The van der Waals surface area contributed by atoms with Crippen LogP contribution in [-0.2, 0) is 13.0 Å². The molecule has 0 aliphatic carbocycles. The Labute approximate surface area is 82.5 Å². The van der Waals surface area contributed by atoms with Gasteiger partial charge in [0.1, 0.15) is 0 Å². The number of aliphatic hydroxyl groups excluding tert-OH is 1. The molecule has 1 aromatic rings. The molecule has 1 aliphatic rings. The lowest BCUT2D eigenvalue weighted by atomic mass is 10.1. The lowest BCUT2D eigenvalue weighted by Gasteiger charge is -2.16. The molecule has 1 aromatic carbocycles. The monoisotopic (exact) mass is 191 g/mol. The Morgan fingerprint density at radius 2 is 2.36 bits per heavy atom. The third-order valence-corrected chi connectivity index (χ3v) is 2.52. The molecule has 0 atom stereocenters. The number of nitrogens with zero attached hydrogens (tertiary/aromatic N) is 1. The van der Waals surface area contributed by atoms with Gasteiger partial charge in [-0.1, -0.05) is 12.1 Å². The highest BCUT2D eigenvalue weighted by Crippen LogP contribution is 2.28. The van der Waals surface area contributed by atoms with Gasteiger partial charge >= 0.3 is 0 Å². The number of fused-ring (bicyclic) bond motifs is 1. The number of guanidine groups is 1. The zero-order valence-electron chi connectivity index (χ0n) is 7.83. The van der Waals surface area contributed by atoms with Crippen molar-refractivity contribution in [3.8, 4) is 0 Å². The molecule has 0 aromatic heterocycles. The van der Waals surface area contributed by atoms with Gasteiger partial charge < -0.3 is 15.7 Å². The maximum Gasteiger partial charge on any atom is 0.192 e. The van der Waals surface area contributed by atoms with Gasteiger partial charge in [-0.05, 0) is 23.6 Å². The minimum absolute atomic E-state index is 0.0268. The van der Waals surface area contributed by atoms with Crippen molar-refractivity contribution in [3.63, 3.8) is 0 Å². The number of anilines is 1. The fraction of sp³-hybridized carbons (Fsp3) is 0.300. The summed E-state index contributed by atoms with van der Waals surface area (Å²) in [5.74, 6) is 0.0684. The summed E-state index contributed by atoms with van der Waals surface area (Å²) in [4.78, 5) is 1.76. The van der Waals surface area contributed by atoms with Crippen LogP contribution in [0.3, 0.4) is 0 Å². The van der Waals surface area contributed by atoms with Gasteiger partial charge in [-0.25, -0.2) is 0 Å². The van der Waals surface area contributed by atoms with Crippen LogP contribution in [-0.4, -0.2) is 17.6 Å². The van der Waals surface area contributed by atoms with Crippen molar-refractivity contribution in [2.75, 3.05) is 11.4 Å². The molecule has 1 heterocycles. The van der Waals surface area contributed by atoms with Crippen molar-refractivity contribution in [2.24, 2.45) is 5.73 Å². The van der Waals surface area contributed by atoms with Crippen LogP contribution in [0.4, 0.5) is 5.69 Å². The van der Waals surface area contributed by atoms with Crippen molar-refractivity contribution in [2.45, 2.75) is 13.0 Å². The first-order chi connectivity index (χ1) is 6.72. The van der Waals surface area contributed by atoms with Gasteiger partial charge in [-0.3, -0.25) is 5.41 Å². The average Bonchev–Trinajstić information content (AvgIpc) is 2.59. The second-order valence-corrected chi connectivity index (χ2v) is 3.41. The Bertz CT molecular complexity index is 376. The van der Waals surface area contributed by atoms with Crippen LogP contribution in [0.1, 0.15) is 11.1 Å². The number of rotatable bonds is 1. The molecule has 0 amide bonds. The van der Waals surface area contributed by atoms with Crippen LogP contribution in [0.5, 0.6) is 0 Å². The van der Waals surface area contributed by atoms with Crippen molar-refractivity contribution in [1.29, 1.82) is 5.41 Å². The fourth-order valence-corrected chi connectivity index (χ4v) is 1.77. The van der Waals surface area contributed by atoms with E-state index in [1.54, 1.807) is 4.90 Å². The van der Waals surface area contributed by atoms with E-state index >= 15 is 0 Å². The predicted molar refractivity (Wildman–Crippen MR) is 55.3 cm³/mol. The SMILES string of the molecule is N=C(N)N1CCc2ccc(CO)cc21. The van der Waals surface area contributed by atoms with Gasteiger partial charge in [0.05, 0.1) is 6.61 Å². The lowest BCUT2D eigenvalue weighted by molar-refractivity contribution is 0.282. The zero-order chi connectivity index (χ0) is 10.1. The molecule has 0 saturated heterocycles. The summed E-state index contributed by atoms with van der Waals surface area (Å²) in [7, 11) is 0. The molecular weight excluding hydrogens is 178 g/mol. The standard InChI is InChI=1S/C10H13N3O/c11-10(12)13-4-3-8-2-1-7(6-14)5-9(8)13/h1-2,5,14H,3-4,6H2,(H3,11,12). The summed E-state index contributed by atoms with van der Waals surface area (Å²) >= 11 is 0. The highest BCUT2D eigenvalue weighted by molar-refractivity contribution is 5.94. The van der Waals surface area contributed by atoms with E-state index in [4.69, 9.17) is 16.2 Å². The minimum Gasteiger partial charge on any atom is -0.392 e. The number of aliphatic hydroxyl groups is 1. The van der Waals surface area contributed by atoms with Crippen molar-refractivity contribution < 1.29 is 5.11 Å². The average molecular weight is 191 g/mol. The maximum absolute atomic E-state index is 8.99. The first-order valence-electron chi connectivity index (χ1n) is 4.56. The summed E-state index contributed by atoms with van der Waals surface area (Å²) in [6.07, 6.45) is 0.917. The Hall–Kier alpha value is -1.55. The molecular formula is C10H13N3O. The first-order valence-corrected chi connectivity index (χ1v) is 4.56. The van der Waals surface area contributed by atoms with Gasteiger partial charge in [0, 0.05) is 12.2 Å². The normalized spacial score (nSPS) is 14.2. The van der Waals surface area contributed by atoms with Crippen LogP contribution in [0.2, 0.25) is 0 Å². The number of benzene rings is 1.